The molecule has 1 aliphatic heterocycles. The second kappa shape index (κ2) is 3.17. The van der Waals surface area contributed by atoms with Crippen molar-refractivity contribution in [2.24, 2.45) is 5.92 Å². The topological polar surface area (TPSA) is 51.2 Å². The molecule has 1 atom stereocenters. The van der Waals surface area contributed by atoms with Crippen molar-refractivity contribution in [3.8, 4) is 0 Å². The van der Waals surface area contributed by atoms with Crippen molar-refractivity contribution >= 4 is 16.1 Å². The lowest BCUT2D eigenvalue weighted by Crippen LogP contribution is -2.02. The normalized spacial score (nSPS) is 29.3. The van der Waals surface area contributed by atoms with E-state index in [1.807, 2.05) is 0 Å². The van der Waals surface area contributed by atoms with Crippen LogP contribution in [0.4, 0.5) is 0 Å². The fraction of sp³-hybridized carbons (Fsp3) is 0.571. The molecule has 0 aromatic rings. The molecular weight excluding hydrogens is 164 g/mol. The van der Waals surface area contributed by atoms with E-state index in [4.69, 9.17) is 0 Å². The lowest BCUT2D eigenvalue weighted by atomic mass is 10.1. The van der Waals surface area contributed by atoms with Gasteiger partial charge < -0.3 is 0 Å². The van der Waals surface area contributed by atoms with Gasteiger partial charge in [-0.05, 0) is 18.4 Å². The van der Waals surface area contributed by atoms with Crippen molar-refractivity contribution in [1.82, 2.24) is 0 Å². The summed E-state index contributed by atoms with van der Waals surface area (Å²) in [7, 11) is -2.79. The van der Waals surface area contributed by atoms with Gasteiger partial charge in [-0.1, -0.05) is 6.08 Å². The summed E-state index contributed by atoms with van der Waals surface area (Å²) in [6, 6.07) is 0. The summed E-state index contributed by atoms with van der Waals surface area (Å²) in [5.41, 5.74) is 0. The molecule has 11 heavy (non-hydrogen) atoms. The molecule has 0 radical (unpaired) electrons. The summed E-state index contributed by atoms with van der Waals surface area (Å²) in [4.78, 5) is 9.89. The molecule has 1 unspecified atom stereocenters. The van der Waals surface area contributed by atoms with Gasteiger partial charge >= 0.3 is 0 Å². The predicted molar refractivity (Wildman–Crippen MR) is 42.0 cm³/mol. The van der Waals surface area contributed by atoms with Crippen LogP contribution < -0.4 is 0 Å². The van der Waals surface area contributed by atoms with Gasteiger partial charge in [0.05, 0.1) is 11.5 Å². The summed E-state index contributed by atoms with van der Waals surface area (Å²) < 4.78 is 21.8. The minimum Gasteiger partial charge on any atom is -0.299 e. The zero-order chi connectivity index (χ0) is 8.32. The van der Waals surface area contributed by atoms with Crippen LogP contribution in [0.1, 0.15) is 6.42 Å². The molecule has 3 nitrogen and oxygen atoms in total. The van der Waals surface area contributed by atoms with Crippen LogP contribution in [-0.4, -0.2) is 26.2 Å². The minimum absolute atomic E-state index is 0.0604. The van der Waals surface area contributed by atoms with E-state index in [1.165, 1.54) is 6.08 Å². The number of hydrogen-bond acceptors (Lipinski definition) is 3. The summed E-state index contributed by atoms with van der Waals surface area (Å²) in [6.07, 6.45) is 4.36. The van der Waals surface area contributed by atoms with Crippen LogP contribution in [0.2, 0.25) is 0 Å². The van der Waals surface area contributed by atoms with Crippen molar-refractivity contribution in [2.45, 2.75) is 6.42 Å². The molecule has 0 aromatic carbocycles. The maximum Gasteiger partial charge on any atom is 0.150 e. The highest BCUT2D eigenvalue weighted by molar-refractivity contribution is 7.91. The lowest BCUT2D eigenvalue weighted by molar-refractivity contribution is -0.104. The van der Waals surface area contributed by atoms with Gasteiger partial charge in [0.15, 0.2) is 9.84 Å². The molecule has 0 aromatic heterocycles. The Kier molecular flexibility index (Phi) is 2.44. The summed E-state index contributed by atoms with van der Waals surface area (Å²) in [6.45, 7) is 0. The lowest BCUT2D eigenvalue weighted by Gasteiger charge is -1.94. The number of rotatable bonds is 2. The molecule has 1 aliphatic rings. The van der Waals surface area contributed by atoms with Gasteiger partial charge in [0.2, 0.25) is 0 Å². The van der Waals surface area contributed by atoms with Crippen LogP contribution in [0, 0.1) is 5.92 Å². The fourth-order valence-corrected chi connectivity index (χ4v) is 2.94. The van der Waals surface area contributed by atoms with Crippen LogP contribution in [0.15, 0.2) is 12.2 Å². The van der Waals surface area contributed by atoms with E-state index < -0.39 is 9.84 Å². The van der Waals surface area contributed by atoms with Gasteiger partial charge in [-0.15, -0.1) is 0 Å². The zero-order valence-electron chi connectivity index (χ0n) is 6.06. The van der Waals surface area contributed by atoms with E-state index in [0.29, 0.717) is 12.7 Å². The Morgan fingerprint density at radius 2 is 2.09 bits per heavy atom. The Morgan fingerprint density at radius 1 is 1.36 bits per heavy atom. The maximum atomic E-state index is 10.9. The summed E-state index contributed by atoms with van der Waals surface area (Å²) in [5, 5.41) is 0. The van der Waals surface area contributed by atoms with Gasteiger partial charge in [0, 0.05) is 0 Å². The third-order valence-corrected chi connectivity index (χ3v) is 3.52. The first kappa shape index (κ1) is 8.46. The van der Waals surface area contributed by atoms with Crippen LogP contribution in [0.25, 0.3) is 0 Å². The van der Waals surface area contributed by atoms with E-state index >= 15 is 0 Å². The molecule has 0 amide bonds. The highest BCUT2D eigenvalue weighted by Gasteiger charge is 2.25. The molecule has 62 valence electrons. The Balaban J connectivity index is 2.55. The van der Waals surface area contributed by atoms with E-state index in [1.54, 1.807) is 6.08 Å². The highest BCUT2D eigenvalue weighted by Crippen LogP contribution is 2.18. The van der Waals surface area contributed by atoms with E-state index in [0.717, 1.165) is 0 Å². The first-order valence-electron chi connectivity index (χ1n) is 3.46. The molecule has 0 aliphatic carbocycles. The molecule has 4 heteroatoms. The molecule has 1 heterocycles. The molecule has 0 spiro atoms. The molecular formula is C7H10O3S. The summed E-state index contributed by atoms with van der Waals surface area (Å²) in [5.74, 6) is 0.531. The monoisotopic (exact) mass is 174 g/mol. The van der Waals surface area contributed by atoms with E-state index in [9.17, 15) is 13.2 Å². The molecule has 1 fully saturated rings. The smallest absolute Gasteiger partial charge is 0.150 e. The Labute approximate surface area is 66.0 Å². The van der Waals surface area contributed by atoms with Gasteiger partial charge in [0.1, 0.15) is 6.29 Å². The molecule has 1 saturated heterocycles. The third kappa shape index (κ3) is 2.46. The van der Waals surface area contributed by atoms with Gasteiger partial charge in [-0.2, -0.15) is 0 Å². The minimum atomic E-state index is -2.79. The largest absolute Gasteiger partial charge is 0.299 e. The summed E-state index contributed by atoms with van der Waals surface area (Å²) >= 11 is 0. The second-order valence-electron chi connectivity index (χ2n) is 2.68. The number of carbonyl (C=O) groups is 1. The SMILES string of the molecule is O=C/C=C/C1CCS(=O)(=O)C1. The van der Waals surface area contributed by atoms with Crippen molar-refractivity contribution in [3.05, 3.63) is 12.2 Å². The Bertz CT molecular complexity index is 263. The molecule has 0 N–H and O–H groups in total. The zero-order valence-corrected chi connectivity index (χ0v) is 6.88. The van der Waals surface area contributed by atoms with Crippen molar-refractivity contribution < 1.29 is 13.2 Å². The first-order chi connectivity index (χ1) is 5.14. The Hall–Kier alpha value is -0.640. The average molecular weight is 174 g/mol. The molecule has 0 saturated carbocycles. The number of aldehydes is 1. The highest BCUT2D eigenvalue weighted by atomic mass is 32.2. The van der Waals surface area contributed by atoms with Gasteiger partial charge in [-0.25, -0.2) is 8.42 Å². The average Bonchev–Trinajstić information content (AvgIpc) is 2.26. The fourth-order valence-electron chi connectivity index (χ4n) is 1.18. The second-order valence-corrected chi connectivity index (χ2v) is 4.91. The van der Waals surface area contributed by atoms with Crippen molar-refractivity contribution in [1.29, 1.82) is 0 Å². The molecule has 1 rings (SSSR count). The van der Waals surface area contributed by atoms with Gasteiger partial charge in [-0.3, -0.25) is 4.79 Å². The van der Waals surface area contributed by atoms with Crippen molar-refractivity contribution in [3.63, 3.8) is 0 Å². The predicted octanol–water partition coefficient (Wildman–Crippen LogP) is 0.176. The van der Waals surface area contributed by atoms with Crippen LogP contribution in [0.5, 0.6) is 0 Å². The quantitative estimate of drug-likeness (QED) is 0.443. The van der Waals surface area contributed by atoms with E-state index in [2.05, 4.69) is 0 Å². The first-order valence-corrected chi connectivity index (χ1v) is 5.28. The van der Waals surface area contributed by atoms with Crippen molar-refractivity contribution in [2.75, 3.05) is 11.5 Å². The van der Waals surface area contributed by atoms with Crippen LogP contribution in [0.3, 0.4) is 0 Å². The number of carbonyl (C=O) groups excluding carboxylic acids is 1. The number of hydrogen-bond donors (Lipinski definition) is 0. The third-order valence-electron chi connectivity index (χ3n) is 1.73. The number of allylic oxidation sites excluding steroid dienone is 2. The number of sulfone groups is 1. The van der Waals surface area contributed by atoms with Crippen LogP contribution in [-0.2, 0) is 14.6 Å². The Morgan fingerprint density at radius 3 is 2.55 bits per heavy atom. The van der Waals surface area contributed by atoms with Crippen LogP contribution >= 0.6 is 0 Å². The molecule has 0 bridgehead atoms. The van der Waals surface area contributed by atoms with E-state index in [-0.39, 0.29) is 17.4 Å². The van der Waals surface area contributed by atoms with Gasteiger partial charge in [0.25, 0.3) is 0 Å². The standard InChI is InChI=1S/C7H10O3S/c8-4-1-2-7-3-5-11(9,10)6-7/h1-2,4,7H,3,5-6H2/b2-1+. The maximum absolute atomic E-state index is 10.9.